The van der Waals surface area contributed by atoms with E-state index in [1.165, 1.54) is 19.8 Å². The molecule has 2 aromatic heterocycles. The van der Waals surface area contributed by atoms with Gasteiger partial charge in [0.25, 0.3) is 0 Å². The number of carbonyl (C=O) groups excluding carboxylic acids is 2. The molecule has 3 rings (SSSR count). The first-order valence-electron chi connectivity index (χ1n) is 12.3. The van der Waals surface area contributed by atoms with Crippen LogP contribution in [0.15, 0.2) is 24.5 Å². The zero-order valence-corrected chi connectivity index (χ0v) is 20.9. The molecule has 0 radical (unpaired) electrons. The molecule has 1 N–H and O–H groups in total. The molecule has 0 saturated heterocycles. The topological polar surface area (TPSA) is 115 Å². The summed E-state index contributed by atoms with van der Waals surface area (Å²) in [7, 11) is 2.25. The lowest BCUT2D eigenvalue weighted by molar-refractivity contribution is -0.141. The number of ether oxygens (including phenoxy) is 2. The van der Waals surface area contributed by atoms with E-state index in [-0.39, 0.29) is 36.5 Å². The van der Waals surface area contributed by atoms with Crippen molar-refractivity contribution in [3.05, 3.63) is 41.3 Å². The van der Waals surface area contributed by atoms with Crippen LogP contribution in [-0.2, 0) is 27.2 Å². The highest BCUT2D eigenvalue weighted by molar-refractivity contribution is 6.53. The molecule has 0 saturated carbocycles. The van der Waals surface area contributed by atoms with Crippen molar-refractivity contribution in [2.45, 2.75) is 70.5 Å². The lowest BCUT2D eigenvalue weighted by Crippen LogP contribution is -2.38. The number of methoxy groups -OCH3 is 2. The lowest BCUT2D eigenvalue weighted by atomic mass is 9.84. The number of ketones is 1. The van der Waals surface area contributed by atoms with E-state index in [1.54, 1.807) is 19.2 Å². The minimum atomic E-state index is -0.568. The van der Waals surface area contributed by atoms with Crippen LogP contribution in [0.5, 0.6) is 6.01 Å². The Labute approximate surface area is 207 Å². The summed E-state index contributed by atoms with van der Waals surface area (Å²) in [6.45, 7) is 2.59. The van der Waals surface area contributed by atoms with E-state index < -0.39 is 7.05 Å². The van der Waals surface area contributed by atoms with Crippen molar-refractivity contribution in [2.75, 3.05) is 25.6 Å². The number of Topliss-reactive ketones (excluding diaryl/α,β-unsaturated/α-hetero) is 1. The highest BCUT2D eigenvalue weighted by atomic mass is 16.5. The Balaban J connectivity index is 1.53. The van der Waals surface area contributed by atoms with E-state index in [9.17, 15) is 14.6 Å². The van der Waals surface area contributed by atoms with E-state index in [0.29, 0.717) is 12.0 Å². The number of aryl methyl sites for hydroxylation is 2. The number of nitrogens with zero attached hydrogens (tertiary/aromatic N) is 4. The second-order valence-electron chi connectivity index (χ2n) is 9.00. The highest BCUT2D eigenvalue weighted by Gasteiger charge is 2.24. The van der Waals surface area contributed by atoms with Gasteiger partial charge in [-0.15, -0.1) is 0 Å². The van der Waals surface area contributed by atoms with Crippen molar-refractivity contribution in [1.82, 2.24) is 15.0 Å². The smallest absolute Gasteiger partial charge is 0.410 e. The van der Waals surface area contributed by atoms with Gasteiger partial charge in [0.05, 0.1) is 20.6 Å². The summed E-state index contributed by atoms with van der Waals surface area (Å²) in [6, 6.07) is 4.42. The molecule has 0 spiro atoms. The van der Waals surface area contributed by atoms with Gasteiger partial charge < -0.3 is 19.3 Å². The predicted octanol–water partition coefficient (Wildman–Crippen LogP) is 3.15. The highest BCUT2D eigenvalue weighted by Crippen LogP contribution is 2.27. The SMILES string of the molecule is COC(=O)C[C@H](CC(=O)CCCCc1ccc2c(n1)N(B(C)O)CCCC2)c1cnc(OC)nc1. The Hall–Kier alpha value is -3.01. The Kier molecular flexibility index (Phi) is 10.0. The van der Waals surface area contributed by atoms with Crippen LogP contribution in [0, 0.1) is 0 Å². The van der Waals surface area contributed by atoms with E-state index in [0.717, 1.165) is 56.6 Å². The van der Waals surface area contributed by atoms with Crippen molar-refractivity contribution in [3.8, 4) is 6.01 Å². The molecule has 0 amide bonds. The fraction of sp³-hybridized carbons (Fsp3) is 0.560. The molecule has 1 atom stereocenters. The second-order valence-corrected chi connectivity index (χ2v) is 9.00. The van der Waals surface area contributed by atoms with E-state index >= 15 is 0 Å². The maximum absolute atomic E-state index is 12.7. The Bertz CT molecular complexity index is 986. The van der Waals surface area contributed by atoms with Crippen LogP contribution in [0.2, 0.25) is 6.82 Å². The molecular weight excluding hydrogens is 447 g/mol. The molecule has 0 aliphatic carbocycles. The van der Waals surface area contributed by atoms with Gasteiger partial charge in [-0.25, -0.2) is 15.0 Å². The number of carbonyl (C=O) groups is 2. The minimum absolute atomic E-state index is 0.0879. The van der Waals surface area contributed by atoms with Crippen LogP contribution in [0.25, 0.3) is 0 Å². The minimum Gasteiger partial charge on any atom is -0.469 e. The third-order valence-electron chi connectivity index (χ3n) is 6.39. The maximum Gasteiger partial charge on any atom is 0.410 e. The number of pyridine rings is 1. The number of esters is 1. The molecule has 188 valence electrons. The number of aromatic nitrogens is 3. The molecule has 10 heteroatoms. The van der Waals surface area contributed by atoms with Crippen LogP contribution < -0.4 is 9.55 Å². The van der Waals surface area contributed by atoms with E-state index in [4.69, 9.17) is 14.5 Å². The standard InChI is InChI=1S/C25H35BN4O5/c1-26(33)30-13-7-6-8-18-11-12-21(29-24(18)30)9-4-5-10-22(31)14-19(15-23(32)34-2)20-16-27-25(35-3)28-17-20/h11-12,16-17,19,33H,4-10,13-15H2,1-3H3/t19-/m0/s1. The number of fused-ring (bicyclic) bond motifs is 1. The summed E-state index contributed by atoms with van der Waals surface area (Å²) in [5.41, 5.74) is 2.87. The molecule has 1 aliphatic rings. The van der Waals surface area contributed by atoms with Gasteiger partial charge in [-0.2, -0.15) is 0 Å². The van der Waals surface area contributed by atoms with E-state index in [2.05, 4.69) is 22.1 Å². The zero-order chi connectivity index (χ0) is 25.2. The summed E-state index contributed by atoms with van der Waals surface area (Å²) in [6.07, 6.45) is 9.39. The van der Waals surface area contributed by atoms with Crippen LogP contribution in [0.4, 0.5) is 5.82 Å². The average molecular weight is 482 g/mol. The molecular formula is C25H35BN4O5. The molecule has 9 nitrogen and oxygen atoms in total. The van der Waals surface area contributed by atoms with Crippen LogP contribution in [-0.4, -0.2) is 59.5 Å². The second kappa shape index (κ2) is 13.2. The number of rotatable bonds is 12. The first kappa shape index (κ1) is 26.6. The predicted molar refractivity (Wildman–Crippen MR) is 133 cm³/mol. The normalized spacial score (nSPS) is 14.0. The summed E-state index contributed by atoms with van der Waals surface area (Å²) < 4.78 is 9.79. The summed E-state index contributed by atoms with van der Waals surface area (Å²) in [5.74, 6) is 0.265. The zero-order valence-electron chi connectivity index (χ0n) is 20.9. The molecule has 1 aliphatic heterocycles. The van der Waals surface area contributed by atoms with Gasteiger partial charge in [0.2, 0.25) is 0 Å². The van der Waals surface area contributed by atoms with Gasteiger partial charge in [-0.3, -0.25) is 9.59 Å². The van der Waals surface area contributed by atoms with Crippen molar-refractivity contribution in [3.63, 3.8) is 0 Å². The van der Waals surface area contributed by atoms with Crippen molar-refractivity contribution < 1.29 is 24.1 Å². The van der Waals surface area contributed by atoms with Gasteiger partial charge in [0.1, 0.15) is 11.6 Å². The Morgan fingerprint density at radius 1 is 1.14 bits per heavy atom. The fourth-order valence-corrected chi connectivity index (χ4v) is 4.41. The van der Waals surface area contributed by atoms with Gasteiger partial charge in [0.15, 0.2) is 0 Å². The lowest BCUT2D eigenvalue weighted by Gasteiger charge is -2.25. The number of hydrogen-bond acceptors (Lipinski definition) is 9. The molecule has 0 aromatic carbocycles. The van der Waals surface area contributed by atoms with Crippen LogP contribution >= 0.6 is 0 Å². The largest absolute Gasteiger partial charge is 0.469 e. The molecule has 0 fully saturated rings. The Morgan fingerprint density at radius 2 is 1.91 bits per heavy atom. The first-order valence-corrected chi connectivity index (χ1v) is 12.3. The van der Waals surface area contributed by atoms with Crippen molar-refractivity contribution in [1.29, 1.82) is 0 Å². The number of unbranched alkanes of at least 4 members (excludes halogenated alkanes) is 1. The summed E-state index contributed by atoms with van der Waals surface area (Å²) >= 11 is 0. The van der Waals surface area contributed by atoms with Crippen molar-refractivity contribution >= 4 is 24.6 Å². The first-order chi connectivity index (χ1) is 16.9. The molecule has 3 heterocycles. The monoisotopic (exact) mass is 482 g/mol. The molecule has 2 aromatic rings. The average Bonchev–Trinajstić information content (AvgIpc) is 3.08. The molecule has 35 heavy (non-hydrogen) atoms. The van der Waals surface area contributed by atoms with Gasteiger partial charge in [-0.1, -0.05) is 6.07 Å². The van der Waals surface area contributed by atoms with Gasteiger partial charge >= 0.3 is 19.0 Å². The third kappa shape index (κ3) is 7.75. The number of hydrogen-bond donors (Lipinski definition) is 1. The van der Waals surface area contributed by atoms with Gasteiger partial charge in [-0.05, 0) is 62.5 Å². The van der Waals surface area contributed by atoms with Crippen molar-refractivity contribution in [2.24, 2.45) is 0 Å². The summed E-state index contributed by atoms with van der Waals surface area (Å²) in [4.78, 5) is 39.6. The number of anilines is 1. The van der Waals surface area contributed by atoms with Gasteiger partial charge in [0, 0.05) is 43.4 Å². The van der Waals surface area contributed by atoms with Crippen LogP contribution in [0.3, 0.4) is 0 Å². The summed E-state index contributed by atoms with van der Waals surface area (Å²) in [5, 5.41) is 10.2. The molecule has 0 unspecified atom stereocenters. The van der Waals surface area contributed by atoms with E-state index in [1.807, 2.05) is 4.81 Å². The quantitative estimate of drug-likeness (QED) is 0.277. The Morgan fingerprint density at radius 3 is 2.60 bits per heavy atom. The fourth-order valence-electron chi connectivity index (χ4n) is 4.41. The van der Waals surface area contributed by atoms with Crippen LogP contribution in [0.1, 0.15) is 67.7 Å². The third-order valence-corrected chi connectivity index (χ3v) is 6.39. The molecule has 0 bridgehead atoms. The maximum atomic E-state index is 12.7.